The van der Waals surface area contributed by atoms with Gasteiger partial charge in [-0.15, -0.1) is 0 Å². The van der Waals surface area contributed by atoms with E-state index in [2.05, 4.69) is 15.9 Å². The molecule has 2 aromatic carbocycles. The molecule has 0 spiro atoms. The molecule has 7 nitrogen and oxygen atoms in total. The fourth-order valence-electron chi connectivity index (χ4n) is 3.04. The highest BCUT2D eigenvalue weighted by molar-refractivity contribution is 9.10. The van der Waals surface area contributed by atoms with Crippen molar-refractivity contribution in [3.8, 4) is 23.0 Å². The van der Waals surface area contributed by atoms with Crippen LogP contribution in [-0.2, 0) is 17.9 Å². The molecule has 0 N–H and O–H groups in total. The molecule has 1 heterocycles. The van der Waals surface area contributed by atoms with E-state index in [4.69, 9.17) is 23.4 Å². The summed E-state index contributed by atoms with van der Waals surface area (Å²) in [6.07, 6.45) is 1.58. The first-order chi connectivity index (χ1) is 15.0. The maximum absolute atomic E-state index is 13.0. The Morgan fingerprint density at radius 3 is 2.19 bits per heavy atom. The van der Waals surface area contributed by atoms with Crippen LogP contribution in [0.15, 0.2) is 63.7 Å². The van der Waals surface area contributed by atoms with Crippen LogP contribution in [-0.4, -0.2) is 38.7 Å². The van der Waals surface area contributed by atoms with E-state index in [1.807, 2.05) is 30.3 Å². The summed E-state index contributed by atoms with van der Waals surface area (Å²) in [6.45, 7) is 0.499. The Balaban J connectivity index is 1.80. The van der Waals surface area contributed by atoms with Gasteiger partial charge in [0.1, 0.15) is 11.5 Å². The van der Waals surface area contributed by atoms with Crippen molar-refractivity contribution in [3.05, 3.63) is 70.6 Å². The third kappa shape index (κ3) is 5.95. The van der Waals surface area contributed by atoms with Crippen molar-refractivity contribution in [2.24, 2.45) is 0 Å². The SMILES string of the molecule is COc1cc(CN(Cc2ccco2)C(=O)COc2ccc(Br)cc2)cc(OC)c1OC. The molecule has 1 amide bonds. The van der Waals surface area contributed by atoms with Crippen LogP contribution in [0.25, 0.3) is 0 Å². The number of amides is 1. The van der Waals surface area contributed by atoms with E-state index in [0.717, 1.165) is 10.0 Å². The van der Waals surface area contributed by atoms with E-state index in [1.54, 1.807) is 50.7 Å². The lowest BCUT2D eigenvalue weighted by Crippen LogP contribution is -2.34. The van der Waals surface area contributed by atoms with Gasteiger partial charge in [0.2, 0.25) is 5.75 Å². The predicted octanol–water partition coefficient (Wildman–Crippen LogP) is 4.68. The lowest BCUT2D eigenvalue weighted by atomic mass is 10.1. The summed E-state index contributed by atoms with van der Waals surface area (Å²) < 4.78 is 28.3. The van der Waals surface area contributed by atoms with E-state index in [9.17, 15) is 4.79 Å². The molecular formula is C23H24BrNO6. The number of methoxy groups -OCH3 is 3. The van der Waals surface area contributed by atoms with Crippen molar-refractivity contribution < 1.29 is 28.2 Å². The Kier molecular flexibility index (Phi) is 7.83. The Hall–Kier alpha value is -3.13. The summed E-state index contributed by atoms with van der Waals surface area (Å²) in [5.74, 6) is 2.64. The quantitative estimate of drug-likeness (QED) is 0.411. The maximum atomic E-state index is 13.0. The average molecular weight is 490 g/mol. The molecule has 0 radical (unpaired) electrons. The number of halogens is 1. The van der Waals surface area contributed by atoms with Crippen molar-refractivity contribution in [2.45, 2.75) is 13.1 Å². The molecular weight excluding hydrogens is 466 g/mol. The number of benzene rings is 2. The standard InChI is InChI=1S/C23H24BrNO6/c1-27-20-11-16(12-21(28-2)23(20)29-3)13-25(14-19-5-4-10-30-19)22(26)15-31-18-8-6-17(24)7-9-18/h4-12H,13-15H2,1-3H3. The van der Waals surface area contributed by atoms with Crippen LogP contribution in [0.2, 0.25) is 0 Å². The Labute approximate surface area is 189 Å². The summed E-state index contributed by atoms with van der Waals surface area (Å²) in [6, 6.07) is 14.6. The van der Waals surface area contributed by atoms with Crippen LogP contribution in [0.4, 0.5) is 0 Å². The summed E-state index contributed by atoms with van der Waals surface area (Å²) in [5.41, 5.74) is 0.818. The third-order valence-electron chi connectivity index (χ3n) is 4.55. The van der Waals surface area contributed by atoms with E-state index < -0.39 is 0 Å². The number of hydrogen-bond acceptors (Lipinski definition) is 6. The van der Waals surface area contributed by atoms with Crippen LogP contribution >= 0.6 is 15.9 Å². The number of ether oxygens (including phenoxy) is 4. The minimum Gasteiger partial charge on any atom is -0.493 e. The zero-order chi connectivity index (χ0) is 22.2. The predicted molar refractivity (Wildman–Crippen MR) is 119 cm³/mol. The number of carbonyl (C=O) groups is 1. The molecule has 0 unspecified atom stereocenters. The maximum Gasteiger partial charge on any atom is 0.261 e. The van der Waals surface area contributed by atoms with Crippen LogP contribution < -0.4 is 18.9 Å². The first-order valence-corrected chi connectivity index (χ1v) is 10.3. The molecule has 0 atom stereocenters. The van der Waals surface area contributed by atoms with Gasteiger partial charge >= 0.3 is 0 Å². The van der Waals surface area contributed by atoms with Gasteiger partial charge in [-0.05, 0) is 54.1 Å². The fraction of sp³-hybridized carbons (Fsp3) is 0.261. The summed E-state index contributed by atoms with van der Waals surface area (Å²) in [5, 5.41) is 0. The second kappa shape index (κ2) is 10.8. The van der Waals surface area contributed by atoms with Gasteiger partial charge in [-0.2, -0.15) is 0 Å². The van der Waals surface area contributed by atoms with Crippen molar-refractivity contribution >= 4 is 21.8 Å². The smallest absolute Gasteiger partial charge is 0.261 e. The largest absolute Gasteiger partial charge is 0.493 e. The molecule has 0 saturated carbocycles. The first-order valence-electron chi connectivity index (χ1n) is 9.51. The Bertz CT molecular complexity index is 963. The summed E-state index contributed by atoms with van der Waals surface area (Å²) >= 11 is 3.38. The van der Waals surface area contributed by atoms with Gasteiger partial charge in [0.15, 0.2) is 18.1 Å². The van der Waals surface area contributed by atoms with E-state index >= 15 is 0 Å². The molecule has 0 aliphatic carbocycles. The van der Waals surface area contributed by atoms with E-state index in [0.29, 0.717) is 41.8 Å². The number of furan rings is 1. The molecule has 0 fully saturated rings. The molecule has 31 heavy (non-hydrogen) atoms. The van der Waals surface area contributed by atoms with Gasteiger partial charge in [0.25, 0.3) is 5.91 Å². The Morgan fingerprint density at radius 1 is 0.968 bits per heavy atom. The van der Waals surface area contributed by atoms with E-state index in [-0.39, 0.29) is 12.5 Å². The number of hydrogen-bond donors (Lipinski definition) is 0. The molecule has 0 aliphatic rings. The van der Waals surface area contributed by atoms with Crippen molar-refractivity contribution in [2.75, 3.05) is 27.9 Å². The van der Waals surface area contributed by atoms with E-state index in [1.165, 1.54) is 0 Å². The molecule has 164 valence electrons. The van der Waals surface area contributed by atoms with Crippen molar-refractivity contribution in [1.82, 2.24) is 4.90 Å². The fourth-order valence-corrected chi connectivity index (χ4v) is 3.30. The Morgan fingerprint density at radius 2 is 1.65 bits per heavy atom. The zero-order valence-corrected chi connectivity index (χ0v) is 19.2. The van der Waals surface area contributed by atoms with Crippen molar-refractivity contribution in [1.29, 1.82) is 0 Å². The van der Waals surface area contributed by atoms with Gasteiger partial charge in [0.05, 0.1) is 34.1 Å². The minimum atomic E-state index is -0.187. The van der Waals surface area contributed by atoms with Crippen molar-refractivity contribution in [3.63, 3.8) is 0 Å². The van der Waals surface area contributed by atoms with Gasteiger partial charge in [-0.25, -0.2) is 0 Å². The lowest BCUT2D eigenvalue weighted by Gasteiger charge is -2.23. The van der Waals surface area contributed by atoms with Crippen LogP contribution in [0.3, 0.4) is 0 Å². The minimum absolute atomic E-state index is 0.104. The highest BCUT2D eigenvalue weighted by Crippen LogP contribution is 2.38. The van der Waals surface area contributed by atoms with Crippen LogP contribution in [0, 0.1) is 0 Å². The van der Waals surface area contributed by atoms with Crippen LogP contribution in [0.1, 0.15) is 11.3 Å². The number of rotatable bonds is 10. The third-order valence-corrected chi connectivity index (χ3v) is 5.08. The zero-order valence-electron chi connectivity index (χ0n) is 17.6. The first kappa shape index (κ1) is 22.6. The van der Waals surface area contributed by atoms with Gasteiger partial charge in [-0.3, -0.25) is 4.79 Å². The molecule has 3 rings (SSSR count). The summed E-state index contributed by atoms with van der Waals surface area (Å²) in [4.78, 5) is 14.7. The highest BCUT2D eigenvalue weighted by atomic mass is 79.9. The number of nitrogens with zero attached hydrogens (tertiary/aromatic N) is 1. The highest BCUT2D eigenvalue weighted by Gasteiger charge is 2.20. The van der Waals surface area contributed by atoms with Gasteiger partial charge in [0, 0.05) is 11.0 Å². The monoisotopic (exact) mass is 489 g/mol. The molecule has 0 aliphatic heterocycles. The average Bonchev–Trinajstić information content (AvgIpc) is 3.30. The topological polar surface area (TPSA) is 70.4 Å². The molecule has 1 aromatic heterocycles. The second-order valence-electron chi connectivity index (χ2n) is 6.61. The molecule has 0 saturated heterocycles. The normalized spacial score (nSPS) is 10.5. The molecule has 3 aromatic rings. The summed E-state index contributed by atoms with van der Waals surface area (Å²) in [7, 11) is 4.66. The van der Waals surface area contributed by atoms with Gasteiger partial charge < -0.3 is 28.3 Å². The second-order valence-corrected chi connectivity index (χ2v) is 7.52. The molecule has 0 bridgehead atoms. The molecule has 8 heteroatoms. The lowest BCUT2D eigenvalue weighted by molar-refractivity contribution is -0.134. The van der Waals surface area contributed by atoms with Crippen LogP contribution in [0.5, 0.6) is 23.0 Å². The number of carbonyl (C=O) groups excluding carboxylic acids is 1. The van der Waals surface area contributed by atoms with Gasteiger partial charge in [-0.1, -0.05) is 15.9 Å².